The van der Waals surface area contributed by atoms with Gasteiger partial charge in [-0.05, 0) is 148 Å². The van der Waals surface area contributed by atoms with E-state index in [4.69, 9.17) is 14.2 Å². The summed E-state index contributed by atoms with van der Waals surface area (Å²) in [5.74, 6) is -0.969. The number of unbranched alkanes of at least 4 members (excludes halogenated alkanes) is 23. The molecule has 1 atom stereocenters. The van der Waals surface area contributed by atoms with Gasteiger partial charge in [0.15, 0.2) is 6.10 Å². The zero-order valence-electron chi connectivity index (χ0n) is 53.7. The van der Waals surface area contributed by atoms with Crippen molar-refractivity contribution < 1.29 is 28.6 Å². The molecule has 6 heteroatoms. The van der Waals surface area contributed by atoms with E-state index in [1.807, 2.05) is 0 Å². The summed E-state index contributed by atoms with van der Waals surface area (Å²) in [5, 5.41) is 0. The summed E-state index contributed by atoms with van der Waals surface area (Å²) in [5.41, 5.74) is 0. The molecule has 0 fully saturated rings. The standard InChI is InChI=1S/C77H124O6/c1-4-7-10-13-16-19-22-25-28-30-32-34-36-37-38-39-41-42-44-46-49-52-55-58-61-64-67-70-76(79)82-73-74(72-81-75(78)69-66-63-60-57-54-51-48-27-24-21-18-15-12-9-6-3)83-77(80)71-68-65-62-59-56-53-50-47-45-43-40-35-33-31-29-26-23-20-17-14-11-8-5-2/h7,9-10,12,16,18-19,21,23,25-28,31-34,37-38,41-42,46,48-49,54,57,74H,4-6,8,11,13-15,17,20,22,24,29-30,35-36,39-40,43-45,47,50-53,55-56,58-73H2,1-3H3/b10-7-,12-9-,19-16-,21-18-,26-23-,28-25-,33-31-,34-32-,38-37-,42-41-,48-27-,49-46-,57-54-. The number of carbonyl (C=O) groups excluding carboxylic acids is 3. The van der Waals surface area contributed by atoms with Gasteiger partial charge < -0.3 is 14.2 Å². The van der Waals surface area contributed by atoms with Gasteiger partial charge in [0, 0.05) is 19.3 Å². The van der Waals surface area contributed by atoms with Crippen LogP contribution < -0.4 is 0 Å². The van der Waals surface area contributed by atoms with Crippen molar-refractivity contribution in [3.8, 4) is 0 Å². The molecular formula is C77H124O6. The Hall–Kier alpha value is -4.97. The van der Waals surface area contributed by atoms with Crippen LogP contribution in [0.25, 0.3) is 0 Å². The van der Waals surface area contributed by atoms with Gasteiger partial charge in [0.2, 0.25) is 0 Å². The second-order valence-electron chi connectivity index (χ2n) is 22.0. The Morgan fingerprint density at radius 1 is 0.253 bits per heavy atom. The van der Waals surface area contributed by atoms with Crippen LogP contribution in [-0.4, -0.2) is 37.2 Å². The fourth-order valence-electron chi connectivity index (χ4n) is 8.97. The molecule has 0 aromatic rings. The van der Waals surface area contributed by atoms with Crippen LogP contribution in [0.2, 0.25) is 0 Å². The summed E-state index contributed by atoms with van der Waals surface area (Å²) in [7, 11) is 0. The van der Waals surface area contributed by atoms with Crippen LogP contribution in [-0.2, 0) is 28.6 Å². The predicted octanol–water partition coefficient (Wildman–Crippen LogP) is 23.7. The van der Waals surface area contributed by atoms with Crippen LogP contribution in [0.1, 0.15) is 290 Å². The Balaban J connectivity index is 4.45. The molecule has 0 saturated carbocycles. The lowest BCUT2D eigenvalue weighted by molar-refractivity contribution is -0.167. The van der Waals surface area contributed by atoms with Gasteiger partial charge in [-0.3, -0.25) is 14.4 Å². The van der Waals surface area contributed by atoms with Crippen LogP contribution in [0.5, 0.6) is 0 Å². The van der Waals surface area contributed by atoms with Gasteiger partial charge in [-0.15, -0.1) is 0 Å². The fourth-order valence-corrected chi connectivity index (χ4v) is 8.97. The Morgan fingerprint density at radius 3 is 0.759 bits per heavy atom. The Bertz CT molecular complexity index is 1840. The lowest BCUT2D eigenvalue weighted by atomic mass is 10.0. The zero-order valence-corrected chi connectivity index (χ0v) is 53.7. The number of carbonyl (C=O) groups is 3. The summed E-state index contributed by atoms with van der Waals surface area (Å²) in [6.45, 7) is 6.36. The van der Waals surface area contributed by atoms with E-state index in [-0.39, 0.29) is 31.1 Å². The van der Waals surface area contributed by atoms with Gasteiger partial charge >= 0.3 is 17.9 Å². The van der Waals surface area contributed by atoms with Crippen molar-refractivity contribution in [3.63, 3.8) is 0 Å². The highest BCUT2D eigenvalue weighted by atomic mass is 16.6. The highest BCUT2D eigenvalue weighted by Crippen LogP contribution is 2.15. The first-order chi connectivity index (χ1) is 41.0. The van der Waals surface area contributed by atoms with E-state index in [9.17, 15) is 14.4 Å². The van der Waals surface area contributed by atoms with Gasteiger partial charge in [-0.2, -0.15) is 0 Å². The summed E-state index contributed by atoms with van der Waals surface area (Å²) in [4.78, 5) is 38.4. The largest absolute Gasteiger partial charge is 0.462 e. The molecule has 0 saturated heterocycles. The summed E-state index contributed by atoms with van der Waals surface area (Å²) in [6, 6.07) is 0. The van der Waals surface area contributed by atoms with E-state index in [0.29, 0.717) is 25.7 Å². The molecule has 0 aliphatic carbocycles. The van der Waals surface area contributed by atoms with Crippen molar-refractivity contribution in [1.29, 1.82) is 0 Å². The maximum atomic E-state index is 13.0. The summed E-state index contributed by atoms with van der Waals surface area (Å²) in [6.07, 6.45) is 101. The molecule has 0 amide bonds. The fraction of sp³-hybridized carbons (Fsp3) is 0.623. The highest BCUT2D eigenvalue weighted by molar-refractivity contribution is 5.71. The molecule has 0 aromatic carbocycles. The van der Waals surface area contributed by atoms with Crippen molar-refractivity contribution in [3.05, 3.63) is 158 Å². The van der Waals surface area contributed by atoms with E-state index in [2.05, 4.69) is 179 Å². The van der Waals surface area contributed by atoms with Gasteiger partial charge in [0.1, 0.15) is 13.2 Å². The SMILES string of the molecule is CC/C=C\C/C=C\C/C=C\C/C=C\C/C=C\C/C=C\C/C=C\CCCCCCCC(=O)OCC(COC(=O)CCCC/C=C\C/C=C\C/C=C\C/C=C\CC)OC(=O)CCCCCCCCCCCCC/C=C\C/C=C\CCCCCCC. The minimum absolute atomic E-state index is 0.108. The molecule has 0 N–H and O–H groups in total. The summed E-state index contributed by atoms with van der Waals surface area (Å²) < 4.78 is 16.9. The Morgan fingerprint density at radius 2 is 0.470 bits per heavy atom. The lowest BCUT2D eigenvalue weighted by Crippen LogP contribution is -2.30. The minimum Gasteiger partial charge on any atom is -0.462 e. The molecule has 6 nitrogen and oxygen atoms in total. The third-order valence-corrected chi connectivity index (χ3v) is 14.0. The van der Waals surface area contributed by atoms with Gasteiger partial charge in [-0.25, -0.2) is 0 Å². The number of rotatable bonds is 60. The number of ether oxygens (including phenoxy) is 3. The molecule has 0 spiro atoms. The van der Waals surface area contributed by atoms with Gasteiger partial charge in [-0.1, -0.05) is 281 Å². The third kappa shape index (κ3) is 67.7. The first kappa shape index (κ1) is 78.0. The average Bonchev–Trinajstić information content (AvgIpc) is 3.49. The molecule has 0 rings (SSSR count). The average molecular weight is 1150 g/mol. The van der Waals surface area contributed by atoms with Gasteiger partial charge in [0.05, 0.1) is 0 Å². The van der Waals surface area contributed by atoms with E-state index in [1.165, 1.54) is 96.3 Å². The maximum absolute atomic E-state index is 13.0. The molecule has 0 bridgehead atoms. The first-order valence-corrected chi connectivity index (χ1v) is 34.0. The number of hydrogen-bond donors (Lipinski definition) is 0. The van der Waals surface area contributed by atoms with E-state index < -0.39 is 6.10 Å². The van der Waals surface area contributed by atoms with E-state index in [1.54, 1.807) is 0 Å². The van der Waals surface area contributed by atoms with Crippen molar-refractivity contribution in [2.75, 3.05) is 13.2 Å². The smallest absolute Gasteiger partial charge is 0.306 e. The van der Waals surface area contributed by atoms with E-state index in [0.717, 1.165) is 148 Å². The van der Waals surface area contributed by atoms with Gasteiger partial charge in [0.25, 0.3) is 0 Å². The Labute approximate surface area is 511 Å². The number of esters is 3. The van der Waals surface area contributed by atoms with Crippen molar-refractivity contribution in [2.45, 2.75) is 297 Å². The molecule has 0 aromatic heterocycles. The molecular weight excluding hydrogens is 1020 g/mol. The topological polar surface area (TPSA) is 78.9 Å². The summed E-state index contributed by atoms with van der Waals surface area (Å²) >= 11 is 0. The molecule has 0 radical (unpaired) electrons. The highest BCUT2D eigenvalue weighted by Gasteiger charge is 2.19. The predicted molar refractivity (Wildman–Crippen MR) is 362 cm³/mol. The van der Waals surface area contributed by atoms with Crippen molar-refractivity contribution in [2.24, 2.45) is 0 Å². The lowest BCUT2D eigenvalue weighted by Gasteiger charge is -2.18. The molecule has 468 valence electrons. The van der Waals surface area contributed by atoms with Crippen LogP contribution in [0, 0.1) is 0 Å². The number of hydrogen-bond acceptors (Lipinski definition) is 6. The third-order valence-electron chi connectivity index (χ3n) is 14.0. The minimum atomic E-state index is -0.814. The second-order valence-corrected chi connectivity index (χ2v) is 22.0. The molecule has 1 unspecified atom stereocenters. The molecule has 0 aliphatic rings. The molecule has 0 aliphatic heterocycles. The Kier molecular flexibility index (Phi) is 65.4. The maximum Gasteiger partial charge on any atom is 0.306 e. The van der Waals surface area contributed by atoms with E-state index >= 15 is 0 Å². The van der Waals surface area contributed by atoms with Crippen molar-refractivity contribution in [1.82, 2.24) is 0 Å². The molecule has 0 heterocycles. The van der Waals surface area contributed by atoms with Crippen LogP contribution in [0.15, 0.2) is 158 Å². The first-order valence-electron chi connectivity index (χ1n) is 34.0. The monoisotopic (exact) mass is 1140 g/mol. The van der Waals surface area contributed by atoms with Crippen LogP contribution in [0.4, 0.5) is 0 Å². The normalized spacial score (nSPS) is 13.1. The van der Waals surface area contributed by atoms with Crippen LogP contribution in [0.3, 0.4) is 0 Å². The van der Waals surface area contributed by atoms with Crippen LogP contribution >= 0.6 is 0 Å². The van der Waals surface area contributed by atoms with Crippen molar-refractivity contribution >= 4 is 17.9 Å². The molecule has 83 heavy (non-hydrogen) atoms. The zero-order chi connectivity index (χ0) is 59.9. The number of allylic oxidation sites excluding steroid dienone is 26. The quantitative estimate of drug-likeness (QED) is 0.0261. The second kappa shape index (κ2) is 69.5.